The minimum atomic E-state index is -0.700. The molecule has 1 amide bonds. The lowest BCUT2D eigenvalue weighted by molar-refractivity contribution is -0.269. The number of rotatable bonds is 3. The van der Waals surface area contributed by atoms with Crippen LogP contribution in [-0.4, -0.2) is 15.9 Å². The Hall–Kier alpha value is -2.30. The van der Waals surface area contributed by atoms with Gasteiger partial charge in [-0.25, -0.2) is 4.98 Å². The highest BCUT2D eigenvalue weighted by molar-refractivity contribution is 5.95. The van der Waals surface area contributed by atoms with E-state index in [2.05, 4.69) is 9.97 Å². The fraction of sp³-hybridized carbons (Fsp3) is 0.167. The van der Waals surface area contributed by atoms with E-state index in [0.29, 0.717) is 5.56 Å². The van der Waals surface area contributed by atoms with Crippen LogP contribution in [0.4, 0.5) is 0 Å². The molecule has 17 heavy (non-hydrogen) atoms. The van der Waals surface area contributed by atoms with Gasteiger partial charge in [0.1, 0.15) is 0 Å². The van der Waals surface area contributed by atoms with Gasteiger partial charge in [-0.05, 0) is 5.56 Å². The predicted molar refractivity (Wildman–Crippen MR) is 60.5 cm³/mol. The number of para-hydroxylation sites is 1. The van der Waals surface area contributed by atoms with Crippen molar-refractivity contribution in [3.8, 4) is 5.75 Å². The van der Waals surface area contributed by atoms with Crippen LogP contribution in [0.25, 0.3) is 0 Å². The van der Waals surface area contributed by atoms with Crippen LogP contribution in [0.5, 0.6) is 5.75 Å². The average molecular weight is 230 g/mol. The summed E-state index contributed by atoms with van der Waals surface area (Å²) in [6.45, 7) is 1.87. The zero-order valence-electron chi connectivity index (χ0n) is 9.31. The van der Waals surface area contributed by atoms with Gasteiger partial charge in [-0.1, -0.05) is 30.9 Å². The Kier molecular flexibility index (Phi) is 2.82. The highest BCUT2D eigenvalue weighted by atomic mass is 16.3. The number of nitrogens with two attached hydrogens (primary N) is 1. The molecule has 1 heterocycles. The molecule has 0 aliphatic rings. The molecule has 0 aliphatic carbocycles. The van der Waals surface area contributed by atoms with Gasteiger partial charge in [0.2, 0.25) is 5.91 Å². The monoisotopic (exact) mass is 230 g/mol. The fourth-order valence-corrected chi connectivity index (χ4v) is 1.76. The molecule has 1 aromatic heterocycles. The summed E-state index contributed by atoms with van der Waals surface area (Å²) < 4.78 is 0. The Morgan fingerprint density at radius 2 is 2.29 bits per heavy atom. The highest BCUT2D eigenvalue weighted by Gasteiger charge is 2.13. The summed E-state index contributed by atoms with van der Waals surface area (Å²) in [5.41, 5.74) is 6.52. The van der Waals surface area contributed by atoms with Crippen molar-refractivity contribution in [1.82, 2.24) is 9.97 Å². The van der Waals surface area contributed by atoms with E-state index in [1.807, 2.05) is 6.92 Å². The van der Waals surface area contributed by atoms with E-state index in [0.717, 1.165) is 5.69 Å². The quantitative estimate of drug-likeness (QED) is 0.813. The Morgan fingerprint density at radius 1 is 1.53 bits per heavy atom. The summed E-state index contributed by atoms with van der Waals surface area (Å²) >= 11 is 0. The molecule has 0 saturated heterocycles. The second-order valence-electron chi connectivity index (χ2n) is 3.82. The van der Waals surface area contributed by atoms with E-state index >= 15 is 0 Å². The number of carbonyl (C=O) groups is 1. The first-order chi connectivity index (χ1) is 8.11. The second-order valence-corrected chi connectivity index (χ2v) is 3.82. The lowest BCUT2D eigenvalue weighted by Crippen LogP contribution is -2.16. The van der Waals surface area contributed by atoms with Crippen LogP contribution in [0, 0.1) is 0 Å². The summed E-state index contributed by atoms with van der Waals surface area (Å²) in [4.78, 5) is 17.9. The number of amides is 1. The third kappa shape index (κ3) is 1.99. The van der Waals surface area contributed by atoms with Gasteiger partial charge >= 0.3 is 0 Å². The molecule has 5 nitrogen and oxygen atoms in total. The number of nitrogens with one attached hydrogen (secondary N) is 1. The largest absolute Gasteiger partial charge is 0.872 e. The molecule has 0 bridgehead atoms. The van der Waals surface area contributed by atoms with Crippen LogP contribution in [-0.2, 0) is 0 Å². The molecule has 0 saturated carbocycles. The first kappa shape index (κ1) is 11.2. The first-order valence-corrected chi connectivity index (χ1v) is 5.19. The van der Waals surface area contributed by atoms with Gasteiger partial charge in [0, 0.05) is 23.4 Å². The lowest BCUT2D eigenvalue weighted by atomic mass is 9.95. The van der Waals surface area contributed by atoms with Crippen LogP contribution in [0.1, 0.15) is 34.5 Å². The number of aromatic amines is 1. The Morgan fingerprint density at radius 3 is 2.88 bits per heavy atom. The summed E-state index contributed by atoms with van der Waals surface area (Å²) in [5, 5.41) is 12.0. The Bertz CT molecular complexity index is 535. The molecule has 2 aromatic rings. The number of carbonyl (C=O) groups excluding carboxylic acids is 1. The van der Waals surface area contributed by atoms with Crippen molar-refractivity contribution in [2.45, 2.75) is 12.8 Å². The summed E-state index contributed by atoms with van der Waals surface area (Å²) in [6.07, 6.45) is 3.20. The van der Waals surface area contributed by atoms with Gasteiger partial charge in [-0.2, -0.15) is 0 Å². The van der Waals surface area contributed by atoms with Gasteiger partial charge < -0.3 is 15.8 Å². The zero-order chi connectivity index (χ0) is 12.4. The normalized spacial score (nSPS) is 12.3. The van der Waals surface area contributed by atoms with E-state index in [1.165, 1.54) is 6.07 Å². The van der Waals surface area contributed by atoms with Gasteiger partial charge in [-0.15, -0.1) is 0 Å². The standard InChI is InChI=1S/C12H13N3O2/c1-7(10-5-14-6-15-10)8-3-2-4-9(11(8)16)12(13)17/h2-7,16H,1H3,(H2,13,17)(H,14,15)/p-1. The van der Waals surface area contributed by atoms with Crippen LogP contribution in [0.2, 0.25) is 0 Å². The van der Waals surface area contributed by atoms with Gasteiger partial charge in [0.15, 0.2) is 0 Å². The smallest absolute Gasteiger partial charge is 0.248 e. The van der Waals surface area contributed by atoms with Crippen LogP contribution in [0.3, 0.4) is 0 Å². The van der Waals surface area contributed by atoms with Crippen LogP contribution in [0.15, 0.2) is 30.7 Å². The summed E-state index contributed by atoms with van der Waals surface area (Å²) in [5.74, 6) is -1.17. The molecule has 88 valence electrons. The second kappa shape index (κ2) is 4.29. The van der Waals surface area contributed by atoms with E-state index in [-0.39, 0.29) is 17.2 Å². The number of hydrogen-bond donors (Lipinski definition) is 2. The van der Waals surface area contributed by atoms with E-state index in [9.17, 15) is 9.90 Å². The molecule has 3 N–H and O–H groups in total. The van der Waals surface area contributed by atoms with Crippen molar-refractivity contribution in [2.75, 3.05) is 0 Å². The number of primary amides is 1. The van der Waals surface area contributed by atoms with Crippen molar-refractivity contribution < 1.29 is 9.90 Å². The molecule has 0 aliphatic heterocycles. The maximum atomic E-state index is 12.0. The third-order valence-corrected chi connectivity index (χ3v) is 2.76. The van der Waals surface area contributed by atoms with E-state index < -0.39 is 5.91 Å². The Labute approximate surface area is 98.3 Å². The third-order valence-electron chi connectivity index (χ3n) is 2.76. The maximum Gasteiger partial charge on any atom is 0.248 e. The number of H-pyrrole nitrogens is 1. The van der Waals surface area contributed by atoms with Crippen LogP contribution < -0.4 is 10.8 Å². The SMILES string of the molecule is CC(c1cnc[nH]1)c1cccc(C(N)=O)c1[O-]. The molecule has 1 unspecified atom stereocenters. The van der Waals surface area contributed by atoms with Crippen molar-refractivity contribution >= 4 is 5.91 Å². The van der Waals surface area contributed by atoms with E-state index in [1.54, 1.807) is 24.7 Å². The van der Waals surface area contributed by atoms with E-state index in [4.69, 9.17) is 5.73 Å². The molecular weight excluding hydrogens is 218 g/mol. The first-order valence-electron chi connectivity index (χ1n) is 5.19. The van der Waals surface area contributed by atoms with Crippen molar-refractivity contribution in [3.05, 3.63) is 47.5 Å². The molecule has 5 heteroatoms. The molecular formula is C12H12N3O2-. The van der Waals surface area contributed by atoms with Gasteiger partial charge in [0.05, 0.1) is 6.33 Å². The minimum absolute atomic E-state index is 0.0221. The van der Waals surface area contributed by atoms with Gasteiger partial charge in [0.25, 0.3) is 0 Å². The molecule has 0 fully saturated rings. The van der Waals surface area contributed by atoms with Crippen molar-refractivity contribution in [1.29, 1.82) is 0 Å². The summed E-state index contributed by atoms with van der Waals surface area (Å²) in [7, 11) is 0. The van der Waals surface area contributed by atoms with Crippen molar-refractivity contribution in [2.24, 2.45) is 5.73 Å². The summed E-state index contributed by atoms with van der Waals surface area (Å²) in [6, 6.07) is 4.79. The number of nitrogens with zero attached hydrogens (tertiary/aromatic N) is 1. The van der Waals surface area contributed by atoms with Gasteiger partial charge in [-0.3, -0.25) is 4.79 Å². The average Bonchev–Trinajstić information content (AvgIpc) is 2.81. The molecule has 0 spiro atoms. The zero-order valence-corrected chi connectivity index (χ0v) is 9.31. The number of benzene rings is 1. The lowest BCUT2D eigenvalue weighted by Gasteiger charge is -2.21. The topological polar surface area (TPSA) is 94.8 Å². The number of aromatic nitrogens is 2. The maximum absolute atomic E-state index is 12.0. The van der Waals surface area contributed by atoms with Crippen molar-refractivity contribution in [3.63, 3.8) is 0 Å². The Balaban J connectivity index is 2.46. The molecule has 1 atom stereocenters. The van der Waals surface area contributed by atoms with Crippen LogP contribution >= 0.6 is 0 Å². The molecule has 1 aromatic carbocycles. The minimum Gasteiger partial charge on any atom is -0.872 e. The predicted octanol–water partition coefficient (Wildman–Crippen LogP) is 0.734. The molecule has 2 rings (SSSR count). The number of imidazole rings is 1. The highest BCUT2D eigenvalue weighted by Crippen LogP contribution is 2.30. The number of hydrogen-bond acceptors (Lipinski definition) is 3. The fourth-order valence-electron chi connectivity index (χ4n) is 1.76. The molecule has 0 radical (unpaired) electrons.